The number of ether oxygens (including phenoxy) is 3. The second-order valence-corrected chi connectivity index (χ2v) is 8.42. The number of halogens is 2. The van der Waals surface area contributed by atoms with Gasteiger partial charge in [0.2, 0.25) is 0 Å². The van der Waals surface area contributed by atoms with E-state index in [-0.39, 0.29) is 12.2 Å². The second kappa shape index (κ2) is 10.7. The van der Waals surface area contributed by atoms with Crippen molar-refractivity contribution >= 4 is 52.8 Å². The Labute approximate surface area is 217 Å². The molecule has 1 aliphatic heterocycles. The first-order valence-corrected chi connectivity index (χ1v) is 11.4. The van der Waals surface area contributed by atoms with Crippen LogP contribution in [-0.2, 0) is 16.2 Å². The summed E-state index contributed by atoms with van der Waals surface area (Å²) in [5.41, 5.74) is 1.39. The Morgan fingerprint density at radius 2 is 1.61 bits per heavy atom. The molecule has 0 aromatic heterocycles. The van der Waals surface area contributed by atoms with Gasteiger partial charge in [0.15, 0.2) is 11.5 Å². The highest BCUT2D eigenvalue weighted by molar-refractivity contribution is 6.42. The van der Waals surface area contributed by atoms with Gasteiger partial charge >= 0.3 is 6.03 Å². The molecule has 1 heterocycles. The number of carbonyl (C=O) groups is 3. The molecule has 1 saturated heterocycles. The molecule has 0 aliphatic carbocycles. The summed E-state index contributed by atoms with van der Waals surface area (Å²) in [5.74, 6) is -0.165. The van der Waals surface area contributed by atoms with Gasteiger partial charge in [-0.25, -0.2) is 9.69 Å². The van der Waals surface area contributed by atoms with Crippen molar-refractivity contribution < 1.29 is 28.6 Å². The van der Waals surface area contributed by atoms with Gasteiger partial charge in [-0.3, -0.25) is 14.9 Å². The summed E-state index contributed by atoms with van der Waals surface area (Å²) in [6.07, 6.45) is 1.38. The average molecular weight is 527 g/mol. The lowest BCUT2D eigenvalue weighted by molar-refractivity contribution is -0.122. The predicted molar refractivity (Wildman–Crippen MR) is 136 cm³/mol. The van der Waals surface area contributed by atoms with E-state index < -0.39 is 17.8 Å². The molecule has 4 amide bonds. The number of nitrogens with zero attached hydrogens (tertiary/aromatic N) is 1. The molecule has 1 fully saturated rings. The number of nitrogens with one attached hydrogen (secondary N) is 1. The molecule has 1 aliphatic rings. The highest BCUT2D eigenvalue weighted by atomic mass is 35.5. The van der Waals surface area contributed by atoms with Crippen LogP contribution in [-0.4, -0.2) is 32.1 Å². The summed E-state index contributed by atoms with van der Waals surface area (Å²) < 4.78 is 16.4. The van der Waals surface area contributed by atoms with Crippen molar-refractivity contribution in [1.29, 1.82) is 0 Å². The first-order chi connectivity index (χ1) is 17.3. The quantitative estimate of drug-likeness (QED) is 0.333. The molecule has 1 N–H and O–H groups in total. The maximum Gasteiger partial charge on any atom is 0.335 e. The van der Waals surface area contributed by atoms with Crippen molar-refractivity contribution in [2.24, 2.45) is 0 Å². The Morgan fingerprint density at radius 1 is 0.861 bits per heavy atom. The Balaban J connectivity index is 1.57. The van der Waals surface area contributed by atoms with E-state index in [4.69, 9.17) is 37.4 Å². The van der Waals surface area contributed by atoms with Crippen molar-refractivity contribution in [3.63, 3.8) is 0 Å². The lowest BCUT2D eigenvalue weighted by atomic mass is 10.1. The summed E-state index contributed by atoms with van der Waals surface area (Å²) in [6, 6.07) is 15.6. The molecule has 0 saturated carbocycles. The number of anilines is 1. The number of rotatable bonds is 7. The van der Waals surface area contributed by atoms with E-state index in [9.17, 15) is 14.4 Å². The Morgan fingerprint density at radius 3 is 2.28 bits per heavy atom. The van der Waals surface area contributed by atoms with E-state index in [0.717, 1.165) is 10.5 Å². The van der Waals surface area contributed by atoms with E-state index >= 15 is 0 Å². The topological polar surface area (TPSA) is 94.2 Å². The van der Waals surface area contributed by atoms with Crippen LogP contribution >= 0.6 is 23.2 Å². The van der Waals surface area contributed by atoms with Crippen LogP contribution in [0.2, 0.25) is 10.0 Å². The molecular formula is C26H20Cl2N2O6. The molecule has 0 bridgehead atoms. The highest BCUT2D eigenvalue weighted by Gasteiger charge is 2.36. The van der Waals surface area contributed by atoms with Crippen molar-refractivity contribution in [2.45, 2.75) is 6.61 Å². The number of methoxy groups -OCH3 is 2. The van der Waals surface area contributed by atoms with Gasteiger partial charge in [-0.1, -0.05) is 35.3 Å². The van der Waals surface area contributed by atoms with Crippen LogP contribution in [0.5, 0.6) is 17.2 Å². The van der Waals surface area contributed by atoms with Gasteiger partial charge in [-0.15, -0.1) is 0 Å². The molecule has 3 aromatic carbocycles. The van der Waals surface area contributed by atoms with Crippen LogP contribution in [0.15, 0.2) is 66.2 Å². The van der Waals surface area contributed by atoms with Gasteiger partial charge in [0.1, 0.15) is 17.9 Å². The Kier molecular flexibility index (Phi) is 7.47. The summed E-state index contributed by atoms with van der Waals surface area (Å²) in [4.78, 5) is 38.9. The normalized spacial score (nSPS) is 14.6. The SMILES string of the molecule is COc1ccc(N2C(=O)NC(=O)/C(=C\c3ccc(OCc4ccc(Cl)c(Cl)c4)c(OC)c3)C2=O)cc1. The van der Waals surface area contributed by atoms with Crippen LogP contribution in [0.3, 0.4) is 0 Å². The molecule has 3 aromatic rings. The van der Waals surface area contributed by atoms with Gasteiger partial charge in [0.25, 0.3) is 11.8 Å². The molecule has 4 rings (SSSR count). The molecular weight excluding hydrogens is 507 g/mol. The number of carbonyl (C=O) groups excluding carboxylic acids is 3. The number of amides is 4. The van der Waals surface area contributed by atoms with Gasteiger partial charge in [0.05, 0.1) is 30.0 Å². The zero-order valence-corrected chi connectivity index (χ0v) is 20.7. The Hall–Kier alpha value is -4.01. The van der Waals surface area contributed by atoms with Gasteiger partial charge in [0, 0.05) is 0 Å². The van der Waals surface area contributed by atoms with E-state index in [1.54, 1.807) is 60.7 Å². The monoisotopic (exact) mass is 526 g/mol. The van der Waals surface area contributed by atoms with Crippen molar-refractivity contribution in [1.82, 2.24) is 5.32 Å². The smallest absolute Gasteiger partial charge is 0.335 e. The van der Waals surface area contributed by atoms with Crippen LogP contribution in [0, 0.1) is 0 Å². The average Bonchev–Trinajstić information content (AvgIpc) is 2.87. The maximum absolute atomic E-state index is 13.1. The van der Waals surface area contributed by atoms with Crippen molar-refractivity contribution in [3.8, 4) is 17.2 Å². The fraction of sp³-hybridized carbons (Fsp3) is 0.115. The standard InChI is InChI=1S/C26H20Cl2N2O6/c1-34-18-7-5-17(6-8-18)30-25(32)19(24(31)29-26(30)33)11-15-4-10-22(23(13-15)35-2)36-14-16-3-9-20(27)21(28)12-16/h3-13H,14H2,1-2H3,(H,29,31,33)/b19-11+. The number of benzene rings is 3. The third-order valence-electron chi connectivity index (χ3n) is 5.31. The van der Waals surface area contributed by atoms with Crippen molar-refractivity contribution in [3.05, 3.63) is 87.4 Å². The van der Waals surface area contributed by atoms with Crippen LogP contribution in [0.4, 0.5) is 10.5 Å². The predicted octanol–water partition coefficient (Wildman–Crippen LogP) is 5.26. The van der Waals surface area contributed by atoms with Gasteiger partial charge < -0.3 is 14.2 Å². The largest absolute Gasteiger partial charge is 0.497 e. The maximum atomic E-state index is 13.1. The van der Waals surface area contributed by atoms with Crippen LogP contribution in [0.25, 0.3) is 6.08 Å². The molecule has 10 heteroatoms. The summed E-state index contributed by atoms with van der Waals surface area (Å²) >= 11 is 12.0. The first kappa shape index (κ1) is 25.1. The number of hydrogen-bond acceptors (Lipinski definition) is 6. The Bertz CT molecular complexity index is 1370. The fourth-order valence-corrected chi connectivity index (χ4v) is 3.79. The number of barbiturate groups is 1. The third-order valence-corrected chi connectivity index (χ3v) is 6.05. The van der Waals surface area contributed by atoms with E-state index in [0.29, 0.717) is 38.5 Å². The lowest BCUT2D eigenvalue weighted by Gasteiger charge is -2.26. The van der Waals surface area contributed by atoms with Crippen molar-refractivity contribution in [2.75, 3.05) is 19.1 Å². The molecule has 8 nitrogen and oxygen atoms in total. The summed E-state index contributed by atoms with van der Waals surface area (Å²) in [6.45, 7) is 0.216. The zero-order valence-electron chi connectivity index (χ0n) is 19.2. The molecule has 0 atom stereocenters. The molecule has 36 heavy (non-hydrogen) atoms. The third kappa shape index (κ3) is 5.30. The number of hydrogen-bond donors (Lipinski definition) is 1. The van der Waals surface area contributed by atoms with Crippen LogP contribution in [0.1, 0.15) is 11.1 Å². The van der Waals surface area contributed by atoms with Gasteiger partial charge in [-0.05, 0) is 65.7 Å². The van der Waals surface area contributed by atoms with Crippen LogP contribution < -0.4 is 24.4 Å². The number of imide groups is 2. The molecule has 184 valence electrons. The second-order valence-electron chi connectivity index (χ2n) is 7.60. The first-order valence-electron chi connectivity index (χ1n) is 10.6. The summed E-state index contributed by atoms with van der Waals surface area (Å²) in [5, 5.41) is 3.06. The highest BCUT2D eigenvalue weighted by Crippen LogP contribution is 2.31. The molecule has 0 spiro atoms. The van der Waals surface area contributed by atoms with E-state index in [2.05, 4.69) is 5.32 Å². The number of urea groups is 1. The molecule has 0 radical (unpaired) electrons. The zero-order chi connectivity index (χ0) is 25.8. The lowest BCUT2D eigenvalue weighted by Crippen LogP contribution is -2.54. The minimum absolute atomic E-state index is 0.211. The minimum Gasteiger partial charge on any atom is -0.497 e. The van der Waals surface area contributed by atoms with E-state index in [1.165, 1.54) is 20.3 Å². The minimum atomic E-state index is -0.837. The fourth-order valence-electron chi connectivity index (χ4n) is 3.47. The summed E-state index contributed by atoms with van der Waals surface area (Å²) in [7, 11) is 2.98. The molecule has 0 unspecified atom stereocenters. The van der Waals surface area contributed by atoms with Gasteiger partial charge in [-0.2, -0.15) is 0 Å². The van der Waals surface area contributed by atoms with E-state index in [1.807, 2.05) is 0 Å².